The second-order valence-corrected chi connectivity index (χ2v) is 5.69. The molecule has 1 fully saturated rings. The van der Waals surface area contributed by atoms with Crippen molar-refractivity contribution in [1.29, 1.82) is 0 Å². The number of hydrogen-bond acceptors (Lipinski definition) is 4. The maximum Gasteiger partial charge on any atom is 0.282 e. The first-order valence-corrected chi connectivity index (χ1v) is 7.54. The highest BCUT2D eigenvalue weighted by atomic mass is 32.2. The third-order valence-corrected chi connectivity index (χ3v) is 4.36. The van der Waals surface area contributed by atoms with Crippen molar-refractivity contribution in [3.8, 4) is 0 Å². The van der Waals surface area contributed by atoms with E-state index in [4.69, 9.17) is 9.73 Å². The Hall–Kier alpha value is -1.33. The van der Waals surface area contributed by atoms with Crippen molar-refractivity contribution >= 4 is 28.3 Å². The highest BCUT2D eigenvalue weighted by molar-refractivity contribution is 8.14. The summed E-state index contributed by atoms with van der Waals surface area (Å²) in [5.41, 5.74) is 0.513. The molecule has 3 rings (SSSR count). The number of amidine groups is 1. The van der Waals surface area contributed by atoms with Crippen LogP contribution in [0.2, 0.25) is 0 Å². The first-order valence-electron chi connectivity index (χ1n) is 6.55. The van der Waals surface area contributed by atoms with Crippen molar-refractivity contribution in [2.24, 2.45) is 4.99 Å². The number of nitrogens with zero attached hydrogens (tertiary/aromatic N) is 1. The number of nitrogens with one attached hydrogen (secondary N) is 2. The van der Waals surface area contributed by atoms with Crippen LogP contribution in [-0.4, -0.2) is 35.5 Å². The predicted molar refractivity (Wildman–Crippen MR) is 78.9 cm³/mol. The van der Waals surface area contributed by atoms with Gasteiger partial charge < -0.3 is 4.74 Å². The summed E-state index contributed by atoms with van der Waals surface area (Å²) in [4.78, 5) is 8.14. The standard InChI is InChI=1S/C14H17N3OS/c1-14(12-15-8-5-9-16-12)13(19-10-18-14)17-11-6-3-2-4-7-11/h2-4,6-7H,5,8-10H2,1H3,(H,15,16)/p+1. The molecule has 1 aromatic rings. The zero-order valence-corrected chi connectivity index (χ0v) is 11.8. The average molecular weight is 276 g/mol. The van der Waals surface area contributed by atoms with Crippen molar-refractivity contribution in [2.45, 2.75) is 18.9 Å². The lowest BCUT2D eigenvalue weighted by molar-refractivity contribution is -0.468. The van der Waals surface area contributed by atoms with Crippen LogP contribution in [0.3, 0.4) is 0 Å². The summed E-state index contributed by atoms with van der Waals surface area (Å²) in [5, 5.41) is 4.41. The molecule has 2 N–H and O–H groups in total. The number of thioether (sulfide) groups is 1. The van der Waals surface area contributed by atoms with E-state index < -0.39 is 5.60 Å². The second-order valence-electron chi connectivity index (χ2n) is 4.77. The van der Waals surface area contributed by atoms with Gasteiger partial charge in [-0.3, -0.25) is 10.3 Å². The van der Waals surface area contributed by atoms with Crippen LogP contribution in [0.25, 0.3) is 0 Å². The Balaban J connectivity index is 1.92. The van der Waals surface area contributed by atoms with Gasteiger partial charge in [0.25, 0.3) is 5.84 Å². The average Bonchev–Trinajstić information content (AvgIpc) is 2.84. The van der Waals surface area contributed by atoms with Crippen LogP contribution >= 0.6 is 11.8 Å². The van der Waals surface area contributed by atoms with E-state index in [2.05, 4.69) is 17.2 Å². The minimum atomic E-state index is -0.457. The van der Waals surface area contributed by atoms with Gasteiger partial charge in [0, 0.05) is 6.42 Å². The molecule has 2 aliphatic rings. The zero-order valence-electron chi connectivity index (χ0n) is 11.0. The van der Waals surface area contributed by atoms with E-state index in [0.717, 1.165) is 36.1 Å². The first-order chi connectivity index (χ1) is 9.29. The molecular weight excluding hydrogens is 258 g/mol. The Morgan fingerprint density at radius 3 is 2.95 bits per heavy atom. The van der Waals surface area contributed by atoms with E-state index in [0.29, 0.717) is 5.94 Å². The summed E-state index contributed by atoms with van der Waals surface area (Å²) < 4.78 is 5.93. The van der Waals surface area contributed by atoms with Gasteiger partial charge in [-0.1, -0.05) is 30.0 Å². The van der Waals surface area contributed by atoms with Gasteiger partial charge in [0.1, 0.15) is 11.0 Å². The van der Waals surface area contributed by atoms with E-state index in [1.165, 1.54) is 0 Å². The monoisotopic (exact) mass is 276 g/mol. The molecule has 19 heavy (non-hydrogen) atoms. The van der Waals surface area contributed by atoms with Gasteiger partial charge in [-0.2, -0.15) is 0 Å². The normalized spacial score (nSPS) is 29.1. The lowest BCUT2D eigenvalue weighted by atomic mass is 10.1. The summed E-state index contributed by atoms with van der Waals surface area (Å²) >= 11 is 1.66. The summed E-state index contributed by atoms with van der Waals surface area (Å²) in [5.74, 6) is 1.69. The van der Waals surface area contributed by atoms with Gasteiger partial charge in [-0.15, -0.1) is 0 Å². The van der Waals surface area contributed by atoms with Crippen LogP contribution in [0.15, 0.2) is 35.3 Å². The van der Waals surface area contributed by atoms with Crippen molar-refractivity contribution in [3.05, 3.63) is 30.3 Å². The summed E-state index contributed by atoms with van der Waals surface area (Å²) in [6, 6.07) is 10.0. The molecule has 0 saturated carbocycles. The molecular formula is C14H18N3OS+. The van der Waals surface area contributed by atoms with E-state index in [1.807, 2.05) is 30.3 Å². The van der Waals surface area contributed by atoms with Gasteiger partial charge in [0.05, 0.1) is 18.8 Å². The number of aliphatic imine (C=N–C) groups is 1. The quantitative estimate of drug-likeness (QED) is 0.834. The number of rotatable bonds is 2. The van der Waals surface area contributed by atoms with Crippen molar-refractivity contribution in [2.75, 3.05) is 19.0 Å². The minimum Gasteiger partial charge on any atom is -0.345 e. The highest BCUT2D eigenvalue weighted by Crippen LogP contribution is 2.32. The first kappa shape index (κ1) is 12.7. The van der Waals surface area contributed by atoms with E-state index in [1.54, 1.807) is 11.8 Å². The third-order valence-electron chi connectivity index (χ3n) is 3.37. The van der Waals surface area contributed by atoms with Crippen LogP contribution < -0.4 is 10.3 Å². The summed E-state index contributed by atoms with van der Waals surface area (Å²) in [6.07, 6.45) is 1.14. The summed E-state index contributed by atoms with van der Waals surface area (Å²) in [6.45, 7) is 4.06. The largest absolute Gasteiger partial charge is 0.345 e. The third kappa shape index (κ3) is 2.53. The van der Waals surface area contributed by atoms with Gasteiger partial charge in [0.15, 0.2) is 0 Å². The van der Waals surface area contributed by atoms with Crippen LogP contribution in [0, 0.1) is 0 Å². The maximum atomic E-state index is 5.93. The molecule has 1 aromatic carbocycles. The molecule has 2 heterocycles. The van der Waals surface area contributed by atoms with Gasteiger partial charge in [-0.25, -0.2) is 4.99 Å². The fourth-order valence-corrected chi connectivity index (χ4v) is 3.27. The Morgan fingerprint density at radius 1 is 1.37 bits per heavy atom. The van der Waals surface area contributed by atoms with Gasteiger partial charge in [0.2, 0.25) is 5.60 Å². The lowest BCUT2D eigenvalue weighted by Gasteiger charge is -2.23. The van der Waals surface area contributed by atoms with Crippen molar-refractivity contribution in [3.63, 3.8) is 0 Å². The molecule has 1 unspecified atom stereocenters. The number of ether oxygens (including phenoxy) is 1. The topological polar surface area (TPSA) is 47.6 Å². The molecule has 4 nitrogen and oxygen atoms in total. The van der Waals surface area contributed by atoms with E-state index >= 15 is 0 Å². The number of benzene rings is 1. The minimum absolute atomic E-state index is 0.457. The molecule has 1 saturated heterocycles. The molecule has 0 radical (unpaired) electrons. The zero-order chi connectivity index (χ0) is 13.1. The van der Waals surface area contributed by atoms with Crippen LogP contribution in [-0.2, 0) is 4.74 Å². The number of hydrogen-bond donors (Lipinski definition) is 2. The molecule has 0 aromatic heterocycles. The Kier molecular flexibility index (Phi) is 3.57. The van der Waals surface area contributed by atoms with Crippen LogP contribution in [0.5, 0.6) is 0 Å². The van der Waals surface area contributed by atoms with Crippen LogP contribution in [0.1, 0.15) is 13.3 Å². The van der Waals surface area contributed by atoms with Gasteiger partial charge in [-0.05, 0) is 19.1 Å². The maximum absolute atomic E-state index is 5.93. The second kappa shape index (κ2) is 5.35. The van der Waals surface area contributed by atoms with E-state index in [9.17, 15) is 0 Å². The lowest BCUT2D eigenvalue weighted by Crippen LogP contribution is -2.84. The fraction of sp³-hybridized carbons (Fsp3) is 0.429. The molecule has 0 aliphatic carbocycles. The Labute approximate surface area is 117 Å². The Bertz CT molecular complexity index is 515. The highest BCUT2D eigenvalue weighted by Gasteiger charge is 2.47. The molecule has 2 aliphatic heterocycles. The van der Waals surface area contributed by atoms with Crippen molar-refractivity contribution in [1.82, 2.24) is 5.32 Å². The van der Waals surface area contributed by atoms with Crippen LogP contribution in [0.4, 0.5) is 5.69 Å². The fourth-order valence-electron chi connectivity index (χ4n) is 2.26. The van der Waals surface area contributed by atoms with Gasteiger partial charge >= 0.3 is 0 Å². The molecule has 1 atom stereocenters. The SMILES string of the molecule is CC1(C2=[NH+]CCCN2)OCSC1=Nc1ccccc1. The molecule has 0 spiro atoms. The molecule has 0 bridgehead atoms. The molecule has 100 valence electrons. The van der Waals surface area contributed by atoms with E-state index in [-0.39, 0.29) is 0 Å². The Morgan fingerprint density at radius 2 is 2.21 bits per heavy atom. The molecule has 0 amide bonds. The van der Waals surface area contributed by atoms with Crippen molar-refractivity contribution < 1.29 is 9.73 Å². The summed E-state index contributed by atoms with van der Waals surface area (Å²) in [7, 11) is 0. The number of para-hydroxylation sites is 1. The predicted octanol–water partition coefficient (Wildman–Crippen LogP) is 0.669. The molecule has 5 heteroatoms. The smallest absolute Gasteiger partial charge is 0.282 e.